The number of carbonyl (C=O) groups excluding carboxylic acids is 3. The van der Waals surface area contributed by atoms with E-state index in [1.165, 1.54) is 31.4 Å². The molecule has 39 heavy (non-hydrogen) atoms. The highest BCUT2D eigenvalue weighted by Crippen LogP contribution is 2.51. The van der Waals surface area contributed by atoms with Crippen molar-refractivity contribution in [3.63, 3.8) is 0 Å². The maximum atomic E-state index is 14.3. The van der Waals surface area contributed by atoms with E-state index in [4.69, 9.17) is 23.3 Å². The molecule has 0 aliphatic heterocycles. The SMILES string of the molecule is CCCCOC(=O)c1ccccc1OP(=O)(CC(C)CCC(=O)OC)Oc1ccccc1C(=O)OCCCC. The average molecular weight is 563 g/mol. The standard InChI is InChI=1S/C29H39O9P/c1-5-7-19-35-28(31)23-13-9-11-15-25(23)37-39(33,21-22(3)17-18-27(30)34-4)38-26-16-12-10-14-24(26)29(32)36-20-8-6-2/h9-16,22H,5-8,17-21H2,1-4H3. The molecule has 0 bridgehead atoms. The van der Waals surface area contributed by atoms with E-state index < -0.39 is 19.5 Å². The van der Waals surface area contributed by atoms with Gasteiger partial charge in [0.2, 0.25) is 0 Å². The van der Waals surface area contributed by atoms with Crippen molar-refractivity contribution in [2.24, 2.45) is 5.92 Å². The third-order valence-corrected chi connectivity index (χ3v) is 7.78. The summed E-state index contributed by atoms with van der Waals surface area (Å²) < 4.78 is 41.6. The van der Waals surface area contributed by atoms with Crippen molar-refractivity contribution in [2.45, 2.75) is 59.3 Å². The molecule has 10 heteroatoms. The summed E-state index contributed by atoms with van der Waals surface area (Å²) in [6, 6.07) is 12.6. The van der Waals surface area contributed by atoms with Gasteiger partial charge in [-0.05, 0) is 49.4 Å². The van der Waals surface area contributed by atoms with Crippen molar-refractivity contribution in [3.8, 4) is 11.5 Å². The lowest BCUT2D eigenvalue weighted by molar-refractivity contribution is -0.140. The van der Waals surface area contributed by atoms with Crippen molar-refractivity contribution in [1.29, 1.82) is 0 Å². The van der Waals surface area contributed by atoms with Crippen LogP contribution < -0.4 is 9.05 Å². The van der Waals surface area contributed by atoms with E-state index in [9.17, 15) is 18.9 Å². The molecular formula is C29H39O9P. The van der Waals surface area contributed by atoms with Gasteiger partial charge in [-0.25, -0.2) is 14.2 Å². The fraction of sp³-hybridized carbons (Fsp3) is 0.483. The van der Waals surface area contributed by atoms with Crippen LogP contribution >= 0.6 is 7.60 Å². The van der Waals surface area contributed by atoms with Crippen molar-refractivity contribution < 1.29 is 42.2 Å². The zero-order chi connectivity index (χ0) is 28.7. The van der Waals surface area contributed by atoms with Gasteiger partial charge in [-0.2, -0.15) is 0 Å². The normalized spacial score (nSPS) is 11.8. The summed E-state index contributed by atoms with van der Waals surface area (Å²) in [5.74, 6) is -1.83. The topological polar surface area (TPSA) is 114 Å². The van der Waals surface area contributed by atoms with Gasteiger partial charge in [0.25, 0.3) is 0 Å². The highest BCUT2D eigenvalue weighted by Gasteiger charge is 2.34. The van der Waals surface area contributed by atoms with Crippen molar-refractivity contribution in [1.82, 2.24) is 0 Å². The van der Waals surface area contributed by atoms with Crippen LogP contribution in [-0.4, -0.2) is 44.4 Å². The maximum Gasteiger partial charge on any atom is 0.430 e. The van der Waals surface area contributed by atoms with Crippen LogP contribution in [0, 0.1) is 5.92 Å². The number of methoxy groups -OCH3 is 1. The molecule has 0 spiro atoms. The Morgan fingerprint density at radius 3 is 1.69 bits per heavy atom. The Morgan fingerprint density at radius 2 is 1.26 bits per heavy atom. The molecule has 2 aromatic carbocycles. The third-order valence-electron chi connectivity index (χ3n) is 5.76. The first-order chi connectivity index (χ1) is 18.7. The molecule has 0 aliphatic carbocycles. The molecule has 2 aromatic rings. The first kappa shape index (κ1) is 31.9. The van der Waals surface area contributed by atoms with Crippen LogP contribution in [0.2, 0.25) is 0 Å². The Hall–Kier alpha value is -3.32. The number of para-hydroxylation sites is 2. The highest BCUT2D eigenvalue weighted by atomic mass is 31.2. The highest BCUT2D eigenvalue weighted by molar-refractivity contribution is 7.54. The minimum atomic E-state index is -4.05. The van der Waals surface area contributed by atoms with Crippen LogP contribution in [0.5, 0.6) is 11.5 Å². The van der Waals surface area contributed by atoms with Crippen molar-refractivity contribution >= 4 is 25.5 Å². The van der Waals surface area contributed by atoms with Gasteiger partial charge >= 0.3 is 25.5 Å². The van der Waals surface area contributed by atoms with Crippen LogP contribution in [0.25, 0.3) is 0 Å². The van der Waals surface area contributed by atoms with Gasteiger partial charge in [-0.1, -0.05) is 57.9 Å². The number of benzene rings is 2. The van der Waals surface area contributed by atoms with Gasteiger partial charge in [0.1, 0.15) is 22.6 Å². The molecular weight excluding hydrogens is 523 g/mol. The summed E-state index contributed by atoms with van der Waals surface area (Å²) in [5.41, 5.74) is 0.207. The van der Waals surface area contributed by atoms with Crippen LogP contribution in [0.15, 0.2) is 48.5 Å². The van der Waals surface area contributed by atoms with Gasteiger partial charge in [-0.15, -0.1) is 0 Å². The van der Waals surface area contributed by atoms with Gasteiger partial charge in [-0.3, -0.25) is 4.79 Å². The molecule has 0 N–H and O–H groups in total. The summed E-state index contributed by atoms with van der Waals surface area (Å²) in [5, 5.41) is 0. The molecule has 0 fully saturated rings. The Labute approximate surface area is 230 Å². The van der Waals surface area contributed by atoms with Crippen LogP contribution in [0.4, 0.5) is 0 Å². The van der Waals surface area contributed by atoms with Gasteiger partial charge in [0.15, 0.2) is 0 Å². The molecule has 0 saturated heterocycles. The summed E-state index contributed by atoms with van der Waals surface area (Å²) in [6.45, 7) is 6.26. The number of ether oxygens (including phenoxy) is 3. The summed E-state index contributed by atoms with van der Waals surface area (Å²) in [4.78, 5) is 37.1. The Morgan fingerprint density at radius 1 is 0.795 bits per heavy atom. The van der Waals surface area contributed by atoms with E-state index in [1.54, 1.807) is 31.2 Å². The fourth-order valence-corrected chi connectivity index (χ4v) is 5.59. The lowest BCUT2D eigenvalue weighted by Gasteiger charge is -2.24. The Balaban J connectivity index is 2.38. The summed E-state index contributed by atoms with van der Waals surface area (Å²) >= 11 is 0. The van der Waals surface area contributed by atoms with Crippen molar-refractivity contribution in [2.75, 3.05) is 26.5 Å². The average Bonchev–Trinajstić information content (AvgIpc) is 2.92. The molecule has 2 rings (SSSR count). The third kappa shape index (κ3) is 10.8. The smallest absolute Gasteiger partial charge is 0.430 e. The van der Waals surface area contributed by atoms with Gasteiger partial charge in [0.05, 0.1) is 26.5 Å². The van der Waals surface area contributed by atoms with E-state index in [0.29, 0.717) is 19.3 Å². The molecule has 1 atom stereocenters. The molecule has 0 amide bonds. The maximum absolute atomic E-state index is 14.3. The number of esters is 3. The number of rotatable bonds is 17. The molecule has 0 aliphatic rings. The quantitative estimate of drug-likeness (QED) is 0.0884. The van der Waals surface area contributed by atoms with E-state index in [2.05, 4.69) is 0 Å². The minimum absolute atomic E-state index is 0.0329. The van der Waals surface area contributed by atoms with E-state index in [0.717, 1.165) is 12.8 Å². The van der Waals surface area contributed by atoms with E-state index >= 15 is 0 Å². The van der Waals surface area contributed by atoms with Crippen LogP contribution in [0.1, 0.15) is 80.0 Å². The second-order valence-electron chi connectivity index (χ2n) is 9.17. The first-order valence-corrected chi connectivity index (χ1v) is 15.0. The summed E-state index contributed by atoms with van der Waals surface area (Å²) in [7, 11) is -2.75. The molecule has 9 nitrogen and oxygen atoms in total. The Bertz CT molecular complexity index is 1060. The molecule has 0 aromatic heterocycles. The lowest BCUT2D eigenvalue weighted by Crippen LogP contribution is -2.16. The van der Waals surface area contributed by atoms with Gasteiger partial charge < -0.3 is 23.3 Å². The number of hydrogen-bond donors (Lipinski definition) is 0. The first-order valence-electron chi connectivity index (χ1n) is 13.3. The molecule has 0 radical (unpaired) electrons. The number of carbonyl (C=O) groups is 3. The molecule has 0 heterocycles. The lowest BCUT2D eigenvalue weighted by atomic mass is 10.1. The van der Waals surface area contributed by atoms with E-state index in [1.807, 2.05) is 13.8 Å². The predicted molar refractivity (Wildman–Crippen MR) is 147 cm³/mol. The molecule has 0 saturated carbocycles. The molecule has 1 unspecified atom stereocenters. The monoisotopic (exact) mass is 562 g/mol. The molecule has 214 valence electrons. The van der Waals surface area contributed by atoms with E-state index in [-0.39, 0.29) is 60.3 Å². The predicted octanol–water partition coefficient (Wildman–Crippen LogP) is 6.84. The number of unbranched alkanes of at least 4 members (excludes halogenated alkanes) is 2. The largest absolute Gasteiger partial charge is 0.469 e. The second kappa shape index (κ2) is 16.6. The zero-order valence-corrected chi connectivity index (χ0v) is 24.1. The second-order valence-corrected chi connectivity index (χ2v) is 11.1. The fourth-order valence-electron chi connectivity index (χ4n) is 3.54. The van der Waals surface area contributed by atoms with Crippen LogP contribution in [-0.2, 0) is 23.6 Å². The zero-order valence-electron chi connectivity index (χ0n) is 23.2. The minimum Gasteiger partial charge on any atom is -0.469 e. The summed E-state index contributed by atoms with van der Waals surface area (Å²) in [6.07, 6.45) is 3.53. The van der Waals surface area contributed by atoms with Crippen LogP contribution in [0.3, 0.4) is 0 Å². The van der Waals surface area contributed by atoms with Crippen molar-refractivity contribution in [3.05, 3.63) is 59.7 Å². The Kier molecular flexibility index (Phi) is 13.6. The van der Waals surface area contributed by atoms with Gasteiger partial charge in [0, 0.05) is 6.42 Å². The number of hydrogen-bond acceptors (Lipinski definition) is 9.